The topological polar surface area (TPSA) is 66.0 Å². The third-order valence-electron chi connectivity index (χ3n) is 3.79. The van der Waals surface area contributed by atoms with Gasteiger partial charge in [0, 0.05) is 24.7 Å². The third kappa shape index (κ3) is 3.29. The van der Waals surface area contributed by atoms with Gasteiger partial charge in [0.05, 0.1) is 16.8 Å². The number of nitrogens with zero attached hydrogens (tertiary/aromatic N) is 2. The molecule has 1 heterocycles. The molecular formula is C16H22N4S. The van der Waals surface area contributed by atoms with Gasteiger partial charge in [0.25, 0.3) is 0 Å². The van der Waals surface area contributed by atoms with Gasteiger partial charge in [0.2, 0.25) is 0 Å². The van der Waals surface area contributed by atoms with Crippen LogP contribution in [0.3, 0.4) is 0 Å². The van der Waals surface area contributed by atoms with Gasteiger partial charge in [-0.05, 0) is 31.4 Å². The molecule has 0 spiro atoms. The Morgan fingerprint density at radius 1 is 1.43 bits per heavy atom. The summed E-state index contributed by atoms with van der Waals surface area (Å²) in [5.41, 5.74) is 8.39. The van der Waals surface area contributed by atoms with Crippen molar-refractivity contribution >= 4 is 34.2 Å². The van der Waals surface area contributed by atoms with E-state index < -0.39 is 0 Å². The molecule has 1 aromatic carbocycles. The first kappa shape index (κ1) is 15.6. The van der Waals surface area contributed by atoms with E-state index in [4.69, 9.17) is 11.1 Å². The minimum absolute atomic E-state index is 0.0622. The molecule has 0 bridgehead atoms. The third-order valence-corrected chi connectivity index (χ3v) is 4.43. The number of nitrogens with one attached hydrogen (secondary N) is 1. The van der Waals surface area contributed by atoms with Gasteiger partial charge in [0.1, 0.15) is 5.84 Å². The van der Waals surface area contributed by atoms with Gasteiger partial charge >= 0.3 is 0 Å². The minimum Gasteiger partial charge on any atom is -0.384 e. The van der Waals surface area contributed by atoms with Gasteiger partial charge in [0.15, 0.2) is 0 Å². The number of pyridine rings is 1. The molecule has 112 valence electrons. The number of anilines is 1. The molecule has 0 saturated heterocycles. The summed E-state index contributed by atoms with van der Waals surface area (Å²) in [6, 6.07) is 8.38. The summed E-state index contributed by atoms with van der Waals surface area (Å²) in [6.45, 7) is 2.20. The first-order valence-electron chi connectivity index (χ1n) is 7.00. The van der Waals surface area contributed by atoms with E-state index >= 15 is 0 Å². The zero-order chi connectivity index (χ0) is 15.4. The lowest BCUT2D eigenvalue weighted by Crippen LogP contribution is -2.31. The average Bonchev–Trinajstić information content (AvgIpc) is 2.50. The summed E-state index contributed by atoms with van der Waals surface area (Å²) in [4.78, 5) is 6.63. The highest BCUT2D eigenvalue weighted by Crippen LogP contribution is 2.30. The van der Waals surface area contributed by atoms with Gasteiger partial charge in [-0.15, -0.1) is 0 Å². The fraction of sp³-hybridized carbons (Fsp3) is 0.375. The highest BCUT2D eigenvalue weighted by atomic mass is 32.2. The van der Waals surface area contributed by atoms with Gasteiger partial charge in [-0.3, -0.25) is 10.4 Å². The van der Waals surface area contributed by atoms with Crippen molar-refractivity contribution in [1.82, 2.24) is 4.98 Å². The second-order valence-electron chi connectivity index (χ2n) is 5.19. The number of nitrogen functional groups attached to an aromatic ring is 1. The Morgan fingerprint density at radius 3 is 2.81 bits per heavy atom. The fourth-order valence-electron chi connectivity index (χ4n) is 2.41. The van der Waals surface area contributed by atoms with Crippen molar-refractivity contribution in [3.8, 4) is 0 Å². The summed E-state index contributed by atoms with van der Waals surface area (Å²) in [7, 11) is 2.07. The molecule has 0 aliphatic rings. The number of fused-ring (bicyclic) bond motifs is 1. The van der Waals surface area contributed by atoms with E-state index in [1.165, 1.54) is 0 Å². The van der Waals surface area contributed by atoms with E-state index in [2.05, 4.69) is 30.1 Å². The first-order chi connectivity index (χ1) is 10.1. The Kier molecular flexibility index (Phi) is 5.07. The molecule has 0 saturated carbocycles. The Bertz CT molecular complexity index is 641. The Hall–Kier alpha value is -1.75. The standard InChI is InChI=1S/C16H22N4S/c1-11(8-9-21-3)20(2)15-12-6-4-5-7-14(12)19-10-13(15)16(17)18/h4-7,10-11H,8-9H2,1-3H3,(H3,17,18). The highest BCUT2D eigenvalue weighted by molar-refractivity contribution is 7.98. The number of benzene rings is 1. The molecule has 0 fully saturated rings. The maximum atomic E-state index is 7.83. The first-order valence-corrected chi connectivity index (χ1v) is 8.39. The summed E-state index contributed by atoms with van der Waals surface area (Å²) in [6.07, 6.45) is 4.92. The second kappa shape index (κ2) is 6.80. The normalized spacial score (nSPS) is 12.3. The Labute approximate surface area is 130 Å². The molecule has 3 N–H and O–H groups in total. The molecule has 0 aliphatic heterocycles. The van der Waals surface area contributed by atoms with Crippen LogP contribution in [0.1, 0.15) is 18.9 Å². The molecule has 2 aromatic rings. The Balaban J connectivity index is 2.53. The van der Waals surface area contributed by atoms with E-state index in [-0.39, 0.29) is 5.84 Å². The van der Waals surface area contributed by atoms with Crippen LogP contribution >= 0.6 is 11.8 Å². The number of nitrogens with two attached hydrogens (primary N) is 1. The molecule has 5 heteroatoms. The lowest BCUT2D eigenvalue weighted by atomic mass is 10.1. The van der Waals surface area contributed by atoms with Crippen molar-refractivity contribution in [3.05, 3.63) is 36.0 Å². The van der Waals surface area contributed by atoms with Crippen LogP contribution in [0.5, 0.6) is 0 Å². The van der Waals surface area contributed by atoms with Crippen LogP contribution < -0.4 is 10.6 Å². The van der Waals surface area contributed by atoms with Crippen LogP contribution in [0, 0.1) is 5.41 Å². The van der Waals surface area contributed by atoms with Crippen LogP contribution in [0.4, 0.5) is 5.69 Å². The number of rotatable bonds is 6. The van der Waals surface area contributed by atoms with E-state index in [1.54, 1.807) is 6.20 Å². The number of thioether (sulfide) groups is 1. The van der Waals surface area contributed by atoms with Gasteiger partial charge < -0.3 is 10.6 Å². The zero-order valence-electron chi connectivity index (χ0n) is 12.8. The van der Waals surface area contributed by atoms with Gasteiger partial charge in [-0.2, -0.15) is 11.8 Å². The fourth-order valence-corrected chi connectivity index (χ4v) is 2.98. The quantitative estimate of drug-likeness (QED) is 0.635. The van der Waals surface area contributed by atoms with Crippen LogP contribution in [0.25, 0.3) is 10.9 Å². The van der Waals surface area contributed by atoms with Crippen LogP contribution in [0.2, 0.25) is 0 Å². The van der Waals surface area contributed by atoms with Crippen LogP contribution in [-0.2, 0) is 0 Å². The van der Waals surface area contributed by atoms with E-state index in [0.29, 0.717) is 11.6 Å². The highest BCUT2D eigenvalue weighted by Gasteiger charge is 2.18. The summed E-state index contributed by atoms with van der Waals surface area (Å²) >= 11 is 1.85. The molecule has 0 radical (unpaired) electrons. The van der Waals surface area contributed by atoms with E-state index in [9.17, 15) is 0 Å². The van der Waals surface area contributed by atoms with Crippen molar-refractivity contribution in [3.63, 3.8) is 0 Å². The number of hydrogen-bond donors (Lipinski definition) is 2. The smallest absolute Gasteiger partial charge is 0.126 e. The number of amidine groups is 1. The maximum absolute atomic E-state index is 7.83. The van der Waals surface area contributed by atoms with Gasteiger partial charge in [-0.25, -0.2) is 0 Å². The summed E-state index contributed by atoms with van der Waals surface area (Å²) < 4.78 is 0. The number of hydrogen-bond acceptors (Lipinski definition) is 4. The van der Waals surface area contributed by atoms with Crippen molar-refractivity contribution in [1.29, 1.82) is 5.41 Å². The molecule has 1 unspecified atom stereocenters. The molecule has 1 aromatic heterocycles. The maximum Gasteiger partial charge on any atom is 0.126 e. The van der Waals surface area contributed by atoms with Crippen molar-refractivity contribution < 1.29 is 0 Å². The summed E-state index contributed by atoms with van der Waals surface area (Å²) in [5.74, 6) is 1.18. The molecule has 0 amide bonds. The predicted molar refractivity (Wildman–Crippen MR) is 93.6 cm³/mol. The lowest BCUT2D eigenvalue weighted by molar-refractivity contribution is 0.670. The molecular weight excluding hydrogens is 280 g/mol. The SMILES string of the molecule is CSCCC(C)N(C)c1c(C(=N)N)cnc2ccccc12. The largest absolute Gasteiger partial charge is 0.384 e. The van der Waals surface area contributed by atoms with Crippen LogP contribution in [-0.4, -0.2) is 35.9 Å². The molecule has 21 heavy (non-hydrogen) atoms. The van der Waals surface area contributed by atoms with Crippen molar-refractivity contribution in [2.45, 2.75) is 19.4 Å². The molecule has 0 aliphatic carbocycles. The predicted octanol–water partition coefficient (Wildman–Crippen LogP) is 3.10. The Morgan fingerprint density at radius 2 is 2.14 bits per heavy atom. The number of para-hydroxylation sites is 1. The zero-order valence-corrected chi connectivity index (χ0v) is 13.6. The molecule has 4 nitrogen and oxygen atoms in total. The lowest BCUT2D eigenvalue weighted by Gasteiger charge is -2.29. The number of aromatic nitrogens is 1. The second-order valence-corrected chi connectivity index (χ2v) is 6.18. The van der Waals surface area contributed by atoms with Gasteiger partial charge in [-0.1, -0.05) is 18.2 Å². The minimum atomic E-state index is 0.0622. The van der Waals surface area contributed by atoms with Crippen molar-refractivity contribution in [2.24, 2.45) is 5.73 Å². The van der Waals surface area contributed by atoms with Crippen LogP contribution in [0.15, 0.2) is 30.5 Å². The van der Waals surface area contributed by atoms with E-state index in [1.807, 2.05) is 36.0 Å². The molecule has 1 atom stereocenters. The monoisotopic (exact) mass is 302 g/mol. The van der Waals surface area contributed by atoms with E-state index in [0.717, 1.165) is 28.8 Å². The molecule has 2 rings (SSSR count). The van der Waals surface area contributed by atoms with Crippen molar-refractivity contribution in [2.75, 3.05) is 24.0 Å². The summed E-state index contributed by atoms with van der Waals surface area (Å²) in [5, 5.41) is 8.88. The average molecular weight is 302 g/mol.